The van der Waals surface area contributed by atoms with Gasteiger partial charge in [0.15, 0.2) is 5.82 Å². The predicted molar refractivity (Wildman–Crippen MR) is 81.1 cm³/mol. The summed E-state index contributed by atoms with van der Waals surface area (Å²) in [6.45, 7) is 7.80. The van der Waals surface area contributed by atoms with E-state index in [4.69, 9.17) is 9.26 Å². The lowest BCUT2D eigenvalue weighted by Crippen LogP contribution is -2.40. The molecule has 1 aliphatic heterocycles. The van der Waals surface area contributed by atoms with E-state index in [0.717, 1.165) is 31.7 Å². The molecule has 120 valence electrons. The van der Waals surface area contributed by atoms with Crippen LogP contribution in [0, 0.1) is 5.92 Å². The Morgan fingerprint density at radius 3 is 3.00 bits per heavy atom. The van der Waals surface area contributed by atoms with Gasteiger partial charge in [-0.2, -0.15) is 10.1 Å². The molecule has 7 heteroatoms. The van der Waals surface area contributed by atoms with Gasteiger partial charge in [0.25, 0.3) is 5.89 Å². The van der Waals surface area contributed by atoms with E-state index in [1.165, 1.54) is 0 Å². The summed E-state index contributed by atoms with van der Waals surface area (Å²) in [5, 5.41) is 8.29. The van der Waals surface area contributed by atoms with Crippen molar-refractivity contribution in [2.45, 2.75) is 26.3 Å². The molecular formula is C15H23N5O2. The van der Waals surface area contributed by atoms with Gasteiger partial charge in [-0.25, -0.2) is 0 Å². The molecule has 1 saturated heterocycles. The van der Waals surface area contributed by atoms with Crippen LogP contribution in [0.3, 0.4) is 0 Å². The van der Waals surface area contributed by atoms with Gasteiger partial charge >= 0.3 is 0 Å². The van der Waals surface area contributed by atoms with E-state index >= 15 is 0 Å². The van der Waals surface area contributed by atoms with E-state index in [2.05, 4.69) is 34.0 Å². The van der Waals surface area contributed by atoms with Crippen LogP contribution in [0.25, 0.3) is 11.5 Å². The lowest BCUT2D eigenvalue weighted by atomic mass is 10.1. The van der Waals surface area contributed by atoms with E-state index in [0.29, 0.717) is 24.2 Å². The molecule has 3 rings (SSSR count). The SMILES string of the molecule is CC(C)CCN1CCOC[C@H]1c1noc(-c2cnn(C)c2)n1. The standard InChI is InChI=1S/C15H23N5O2/c1-11(2)4-5-20-6-7-21-10-13(20)14-17-15(22-18-14)12-8-16-19(3)9-12/h8-9,11,13H,4-7,10H2,1-3H3/t13-/m0/s1. The Morgan fingerprint density at radius 1 is 1.41 bits per heavy atom. The quantitative estimate of drug-likeness (QED) is 0.840. The van der Waals surface area contributed by atoms with Gasteiger partial charge in [-0.15, -0.1) is 0 Å². The van der Waals surface area contributed by atoms with Crippen molar-refractivity contribution in [3.8, 4) is 11.5 Å². The molecule has 0 aromatic carbocycles. The maximum atomic E-state index is 5.61. The summed E-state index contributed by atoms with van der Waals surface area (Å²) in [5.41, 5.74) is 0.840. The van der Waals surface area contributed by atoms with Crippen LogP contribution >= 0.6 is 0 Å². The largest absolute Gasteiger partial charge is 0.378 e. The normalized spacial score (nSPS) is 19.9. The summed E-state index contributed by atoms with van der Waals surface area (Å²) in [6, 6.07) is 0.0710. The minimum absolute atomic E-state index is 0.0710. The number of ether oxygens (including phenoxy) is 1. The van der Waals surface area contributed by atoms with E-state index in [1.807, 2.05) is 13.2 Å². The first-order valence-electron chi connectivity index (χ1n) is 7.78. The van der Waals surface area contributed by atoms with Gasteiger partial charge in [0.05, 0.1) is 31.0 Å². The van der Waals surface area contributed by atoms with E-state index < -0.39 is 0 Å². The van der Waals surface area contributed by atoms with Crippen LogP contribution in [-0.4, -0.2) is 51.1 Å². The Bertz CT molecular complexity index is 607. The van der Waals surface area contributed by atoms with Crippen molar-refractivity contribution in [1.29, 1.82) is 0 Å². The fourth-order valence-electron chi connectivity index (χ4n) is 2.59. The van der Waals surface area contributed by atoms with Crippen LogP contribution in [0.15, 0.2) is 16.9 Å². The van der Waals surface area contributed by atoms with E-state index in [-0.39, 0.29) is 6.04 Å². The van der Waals surface area contributed by atoms with Gasteiger partial charge < -0.3 is 9.26 Å². The zero-order valence-corrected chi connectivity index (χ0v) is 13.4. The molecular weight excluding hydrogens is 282 g/mol. The summed E-state index contributed by atoms with van der Waals surface area (Å²) >= 11 is 0. The van der Waals surface area contributed by atoms with Crippen molar-refractivity contribution < 1.29 is 9.26 Å². The van der Waals surface area contributed by atoms with Crippen molar-refractivity contribution in [3.63, 3.8) is 0 Å². The summed E-state index contributed by atoms with van der Waals surface area (Å²) in [4.78, 5) is 6.93. The maximum absolute atomic E-state index is 5.61. The summed E-state index contributed by atoms with van der Waals surface area (Å²) in [5.74, 6) is 1.89. The van der Waals surface area contributed by atoms with Gasteiger partial charge in [0.2, 0.25) is 0 Å². The summed E-state index contributed by atoms with van der Waals surface area (Å²) in [7, 11) is 1.86. The highest BCUT2D eigenvalue weighted by Crippen LogP contribution is 2.25. The Hall–Kier alpha value is -1.73. The highest BCUT2D eigenvalue weighted by molar-refractivity contribution is 5.49. The molecule has 0 N–H and O–H groups in total. The van der Waals surface area contributed by atoms with Crippen LogP contribution in [0.1, 0.15) is 32.1 Å². The van der Waals surface area contributed by atoms with Crippen molar-refractivity contribution in [1.82, 2.24) is 24.8 Å². The van der Waals surface area contributed by atoms with Crippen molar-refractivity contribution in [2.24, 2.45) is 13.0 Å². The maximum Gasteiger partial charge on any atom is 0.261 e. The molecule has 2 aromatic heterocycles. The van der Waals surface area contributed by atoms with E-state index in [9.17, 15) is 0 Å². The number of aryl methyl sites for hydroxylation is 1. The molecule has 1 atom stereocenters. The lowest BCUT2D eigenvalue weighted by molar-refractivity contribution is -0.0141. The Balaban J connectivity index is 1.75. The second kappa shape index (κ2) is 6.58. The van der Waals surface area contributed by atoms with Gasteiger partial charge in [-0.3, -0.25) is 9.58 Å². The molecule has 0 aliphatic carbocycles. The molecule has 0 amide bonds. The number of morpholine rings is 1. The lowest BCUT2D eigenvalue weighted by Gasteiger charge is -2.33. The minimum atomic E-state index is 0.0710. The molecule has 0 unspecified atom stereocenters. The second-order valence-electron chi connectivity index (χ2n) is 6.17. The van der Waals surface area contributed by atoms with Crippen LogP contribution < -0.4 is 0 Å². The van der Waals surface area contributed by atoms with Gasteiger partial charge in [-0.1, -0.05) is 19.0 Å². The molecule has 0 radical (unpaired) electrons. The fourth-order valence-corrected chi connectivity index (χ4v) is 2.59. The number of nitrogens with zero attached hydrogens (tertiary/aromatic N) is 5. The molecule has 1 aliphatic rings. The number of hydrogen-bond acceptors (Lipinski definition) is 6. The molecule has 0 bridgehead atoms. The van der Waals surface area contributed by atoms with Crippen molar-refractivity contribution in [3.05, 3.63) is 18.2 Å². The predicted octanol–water partition coefficient (Wildman–Crippen LogP) is 1.89. The molecule has 7 nitrogen and oxygen atoms in total. The zero-order chi connectivity index (χ0) is 15.5. The first-order chi connectivity index (χ1) is 10.6. The molecule has 3 heterocycles. The monoisotopic (exact) mass is 305 g/mol. The first-order valence-corrected chi connectivity index (χ1v) is 7.78. The van der Waals surface area contributed by atoms with Crippen LogP contribution in [0.4, 0.5) is 0 Å². The smallest absolute Gasteiger partial charge is 0.261 e. The molecule has 2 aromatic rings. The van der Waals surface area contributed by atoms with Crippen LogP contribution in [0.2, 0.25) is 0 Å². The molecule has 0 saturated carbocycles. The summed E-state index contributed by atoms with van der Waals surface area (Å²) in [6.07, 6.45) is 4.75. The summed E-state index contributed by atoms with van der Waals surface area (Å²) < 4.78 is 12.7. The Kier molecular flexibility index (Phi) is 4.54. The minimum Gasteiger partial charge on any atom is -0.378 e. The second-order valence-corrected chi connectivity index (χ2v) is 6.17. The Morgan fingerprint density at radius 2 is 2.27 bits per heavy atom. The average molecular weight is 305 g/mol. The van der Waals surface area contributed by atoms with Crippen molar-refractivity contribution in [2.75, 3.05) is 26.3 Å². The third-order valence-electron chi connectivity index (χ3n) is 3.92. The van der Waals surface area contributed by atoms with Crippen molar-refractivity contribution >= 4 is 0 Å². The average Bonchev–Trinajstić information content (AvgIpc) is 3.14. The highest BCUT2D eigenvalue weighted by Gasteiger charge is 2.29. The number of aromatic nitrogens is 4. The van der Waals surface area contributed by atoms with Gasteiger partial charge in [0, 0.05) is 19.8 Å². The topological polar surface area (TPSA) is 69.2 Å². The third-order valence-corrected chi connectivity index (χ3v) is 3.92. The Labute approximate surface area is 130 Å². The zero-order valence-electron chi connectivity index (χ0n) is 13.4. The first kappa shape index (κ1) is 15.2. The van der Waals surface area contributed by atoms with Gasteiger partial charge in [0.1, 0.15) is 0 Å². The number of rotatable bonds is 5. The van der Waals surface area contributed by atoms with Crippen LogP contribution in [-0.2, 0) is 11.8 Å². The highest BCUT2D eigenvalue weighted by atomic mass is 16.5. The van der Waals surface area contributed by atoms with E-state index in [1.54, 1.807) is 10.9 Å². The molecule has 0 spiro atoms. The third kappa shape index (κ3) is 3.36. The molecule has 1 fully saturated rings. The molecule has 22 heavy (non-hydrogen) atoms. The van der Waals surface area contributed by atoms with Crippen LogP contribution in [0.5, 0.6) is 0 Å². The fraction of sp³-hybridized carbons (Fsp3) is 0.667. The van der Waals surface area contributed by atoms with Gasteiger partial charge in [-0.05, 0) is 18.9 Å². The number of hydrogen-bond donors (Lipinski definition) is 0.